The molecule has 0 radical (unpaired) electrons. The highest BCUT2D eigenvalue weighted by molar-refractivity contribution is 5.76. The smallest absolute Gasteiger partial charge is 0.220 e. The highest BCUT2D eigenvalue weighted by Crippen LogP contribution is 2.15. The van der Waals surface area contributed by atoms with Crippen molar-refractivity contribution < 1.29 is 15.0 Å². The van der Waals surface area contributed by atoms with Gasteiger partial charge in [-0.25, -0.2) is 0 Å². The summed E-state index contributed by atoms with van der Waals surface area (Å²) in [5.74, 6) is -0.125. The maximum atomic E-state index is 12.4. The molecular formula is C59H99NO3. The molecule has 63 heavy (non-hydrogen) atoms. The molecule has 0 aliphatic rings. The number of carbonyl (C=O) groups excluding carboxylic acids is 1. The number of carbonyl (C=O) groups is 1. The molecule has 4 nitrogen and oxygen atoms in total. The lowest BCUT2D eigenvalue weighted by molar-refractivity contribution is -0.122. The van der Waals surface area contributed by atoms with E-state index in [1.54, 1.807) is 6.08 Å². The van der Waals surface area contributed by atoms with Crippen molar-refractivity contribution in [1.82, 2.24) is 5.32 Å². The van der Waals surface area contributed by atoms with Crippen LogP contribution in [0, 0.1) is 0 Å². The first-order valence-corrected chi connectivity index (χ1v) is 26.2. The first-order chi connectivity index (χ1) is 31.2. The van der Waals surface area contributed by atoms with Gasteiger partial charge in [0.1, 0.15) is 0 Å². The van der Waals surface area contributed by atoms with Crippen LogP contribution < -0.4 is 5.32 Å². The van der Waals surface area contributed by atoms with Crippen molar-refractivity contribution in [2.24, 2.45) is 0 Å². The van der Waals surface area contributed by atoms with Crippen molar-refractivity contribution in [3.8, 4) is 0 Å². The van der Waals surface area contributed by atoms with E-state index in [-0.39, 0.29) is 12.5 Å². The van der Waals surface area contributed by atoms with Gasteiger partial charge in [0, 0.05) is 6.42 Å². The Balaban J connectivity index is 3.72. The van der Waals surface area contributed by atoms with Crippen LogP contribution in [0.5, 0.6) is 0 Å². The summed E-state index contributed by atoms with van der Waals surface area (Å²) in [5.41, 5.74) is 0. The third-order valence-electron chi connectivity index (χ3n) is 11.2. The van der Waals surface area contributed by atoms with Gasteiger partial charge in [0.25, 0.3) is 0 Å². The van der Waals surface area contributed by atoms with Crippen LogP contribution in [0.2, 0.25) is 0 Å². The molecule has 3 N–H and O–H groups in total. The van der Waals surface area contributed by atoms with Gasteiger partial charge in [0.15, 0.2) is 0 Å². The average Bonchev–Trinajstić information content (AvgIpc) is 3.29. The molecule has 2 atom stereocenters. The minimum Gasteiger partial charge on any atom is -0.394 e. The van der Waals surface area contributed by atoms with Crippen molar-refractivity contribution in [3.05, 3.63) is 122 Å². The van der Waals surface area contributed by atoms with Crippen LogP contribution in [0.4, 0.5) is 0 Å². The molecule has 0 bridgehead atoms. The van der Waals surface area contributed by atoms with Gasteiger partial charge >= 0.3 is 0 Å². The highest BCUT2D eigenvalue weighted by atomic mass is 16.3. The summed E-state index contributed by atoms with van der Waals surface area (Å²) in [7, 11) is 0. The topological polar surface area (TPSA) is 69.6 Å². The van der Waals surface area contributed by atoms with Gasteiger partial charge in [-0.1, -0.05) is 257 Å². The van der Waals surface area contributed by atoms with Crippen LogP contribution in [-0.4, -0.2) is 34.9 Å². The first kappa shape index (κ1) is 59.8. The number of rotatable bonds is 46. The van der Waals surface area contributed by atoms with Gasteiger partial charge in [0.2, 0.25) is 5.91 Å². The van der Waals surface area contributed by atoms with Crippen LogP contribution in [0.3, 0.4) is 0 Å². The molecule has 2 unspecified atom stereocenters. The Morgan fingerprint density at radius 2 is 0.698 bits per heavy atom. The fourth-order valence-corrected chi connectivity index (χ4v) is 7.24. The number of hydrogen-bond donors (Lipinski definition) is 3. The fraction of sp³-hybridized carbons (Fsp3) is 0.644. The summed E-state index contributed by atoms with van der Waals surface area (Å²) < 4.78 is 0. The van der Waals surface area contributed by atoms with Crippen molar-refractivity contribution >= 4 is 5.91 Å². The van der Waals surface area contributed by atoms with E-state index in [1.165, 1.54) is 122 Å². The molecule has 0 aliphatic carbocycles. The molecular weight excluding hydrogens is 771 g/mol. The Hall–Kier alpha value is -3.21. The third-order valence-corrected chi connectivity index (χ3v) is 11.2. The summed E-state index contributed by atoms with van der Waals surface area (Å²) in [6, 6.07) is -0.663. The van der Waals surface area contributed by atoms with E-state index in [9.17, 15) is 15.0 Å². The molecule has 358 valence electrons. The van der Waals surface area contributed by atoms with Crippen LogP contribution in [-0.2, 0) is 4.79 Å². The van der Waals surface area contributed by atoms with Gasteiger partial charge in [-0.15, -0.1) is 0 Å². The van der Waals surface area contributed by atoms with E-state index < -0.39 is 12.1 Å². The molecule has 0 fully saturated rings. The number of aliphatic hydroxyl groups is 2. The zero-order chi connectivity index (χ0) is 45.6. The summed E-state index contributed by atoms with van der Waals surface area (Å²) in [6.45, 7) is 4.17. The van der Waals surface area contributed by atoms with Crippen molar-refractivity contribution in [1.29, 1.82) is 0 Å². The first-order valence-electron chi connectivity index (χ1n) is 26.2. The van der Waals surface area contributed by atoms with E-state index in [2.05, 4.69) is 129 Å². The maximum absolute atomic E-state index is 12.4. The number of amides is 1. The summed E-state index contributed by atoms with van der Waals surface area (Å²) >= 11 is 0. The van der Waals surface area contributed by atoms with Crippen LogP contribution >= 0.6 is 0 Å². The van der Waals surface area contributed by atoms with Crippen LogP contribution in [0.15, 0.2) is 122 Å². The molecule has 0 aromatic heterocycles. The van der Waals surface area contributed by atoms with Gasteiger partial charge < -0.3 is 15.5 Å². The second kappa shape index (κ2) is 53.1. The highest BCUT2D eigenvalue weighted by Gasteiger charge is 2.17. The summed E-state index contributed by atoms with van der Waals surface area (Å²) in [5, 5.41) is 23.1. The second-order valence-electron chi connectivity index (χ2n) is 17.2. The average molecular weight is 870 g/mol. The number of unbranched alkanes of at least 4 members (excludes halogenated alkanes) is 21. The van der Waals surface area contributed by atoms with E-state index in [0.29, 0.717) is 6.42 Å². The second-order valence-corrected chi connectivity index (χ2v) is 17.2. The Morgan fingerprint density at radius 3 is 1.03 bits per heavy atom. The van der Waals surface area contributed by atoms with Crippen LogP contribution in [0.1, 0.15) is 226 Å². The molecule has 0 rings (SSSR count). The monoisotopic (exact) mass is 870 g/mol. The molecule has 4 heteroatoms. The van der Waals surface area contributed by atoms with E-state index in [1.807, 2.05) is 6.08 Å². The Bertz CT molecular complexity index is 1260. The van der Waals surface area contributed by atoms with Gasteiger partial charge in [-0.05, 0) is 83.5 Å². The lowest BCUT2D eigenvalue weighted by atomic mass is 10.0. The molecule has 0 heterocycles. The molecule has 0 spiro atoms. The minimum absolute atomic E-state index is 0.125. The number of hydrogen-bond acceptors (Lipinski definition) is 3. The summed E-state index contributed by atoms with van der Waals surface area (Å²) in [6.07, 6.45) is 81.9. The largest absolute Gasteiger partial charge is 0.394 e. The van der Waals surface area contributed by atoms with E-state index >= 15 is 0 Å². The number of aliphatic hydroxyl groups excluding tert-OH is 2. The Kier molecular flexibility index (Phi) is 50.4. The zero-order valence-corrected chi connectivity index (χ0v) is 41.0. The molecule has 0 aliphatic heterocycles. The van der Waals surface area contributed by atoms with Gasteiger partial charge in [-0.3, -0.25) is 4.79 Å². The van der Waals surface area contributed by atoms with Gasteiger partial charge in [0.05, 0.1) is 18.8 Å². The standard InChI is InChI=1S/C59H99NO3/c1-3-5-7-9-11-13-15-17-19-21-23-25-27-28-29-30-31-32-33-35-37-39-41-43-45-47-49-51-53-55-59(63)60-57(56-61)58(62)54-52-50-48-46-44-42-40-38-36-34-26-24-22-20-18-16-14-12-10-8-6-4-2/h5,7,11,13,17,19,23,25,28-29,31-32,35,37,41,43,47,49,52,54,57-58,61-62H,3-4,6,8-10,12,14-16,18,20-22,24,26-27,30,33-34,36,38-40,42,44-46,48,50-51,53,55-56H2,1-2H3,(H,60,63)/b7-5-,13-11-,19-17-,25-23-,29-28-,32-31-,37-35-,43-41-,49-47-,54-52+. The number of nitrogens with one attached hydrogen (secondary N) is 1. The quantitative estimate of drug-likeness (QED) is 0.0422. The molecule has 0 aromatic rings. The van der Waals surface area contributed by atoms with Crippen molar-refractivity contribution in [3.63, 3.8) is 0 Å². The molecule has 0 saturated carbocycles. The Morgan fingerprint density at radius 1 is 0.397 bits per heavy atom. The van der Waals surface area contributed by atoms with Crippen molar-refractivity contribution in [2.75, 3.05) is 6.61 Å². The maximum Gasteiger partial charge on any atom is 0.220 e. The predicted molar refractivity (Wildman–Crippen MR) is 280 cm³/mol. The van der Waals surface area contributed by atoms with E-state index in [4.69, 9.17) is 0 Å². The van der Waals surface area contributed by atoms with Crippen molar-refractivity contribution in [2.45, 2.75) is 238 Å². The fourth-order valence-electron chi connectivity index (χ4n) is 7.24. The normalized spacial score (nSPS) is 13.9. The SMILES string of the molecule is CC/C=C\C/C=C\C/C=C\C/C=C\C/C=C\C/C=C\C/C=C\C/C=C\C/C=C\CCCC(=O)NC(CO)C(O)/C=C/CCCCCCCCCCCCCCCCCCCCCC. The van der Waals surface area contributed by atoms with Gasteiger partial charge in [-0.2, -0.15) is 0 Å². The number of allylic oxidation sites excluding steroid dienone is 19. The molecule has 0 aromatic carbocycles. The molecule has 1 amide bonds. The minimum atomic E-state index is -0.873. The lowest BCUT2D eigenvalue weighted by Crippen LogP contribution is -2.45. The lowest BCUT2D eigenvalue weighted by Gasteiger charge is -2.19. The van der Waals surface area contributed by atoms with E-state index in [0.717, 1.165) is 83.5 Å². The molecule has 0 saturated heterocycles. The predicted octanol–water partition coefficient (Wildman–Crippen LogP) is 17.3. The van der Waals surface area contributed by atoms with Crippen LogP contribution in [0.25, 0.3) is 0 Å². The summed E-state index contributed by atoms with van der Waals surface area (Å²) in [4.78, 5) is 12.4. The Labute approximate surface area is 390 Å². The third kappa shape index (κ3) is 49.7. The zero-order valence-electron chi connectivity index (χ0n) is 41.0.